The number of amides is 1. The fourth-order valence-electron chi connectivity index (χ4n) is 5.76. The average molecular weight is 482 g/mol. The van der Waals surface area contributed by atoms with Crippen molar-refractivity contribution in [1.29, 1.82) is 0 Å². The van der Waals surface area contributed by atoms with E-state index < -0.39 is 0 Å². The Morgan fingerprint density at radius 2 is 1.73 bits per heavy atom. The molecule has 5 N–H and O–H groups in total. The van der Waals surface area contributed by atoms with Crippen molar-refractivity contribution in [2.75, 3.05) is 7.05 Å². The van der Waals surface area contributed by atoms with Crippen LogP contribution in [0.3, 0.4) is 0 Å². The summed E-state index contributed by atoms with van der Waals surface area (Å²) in [7, 11) is 1.96. The van der Waals surface area contributed by atoms with Gasteiger partial charge in [0.05, 0.1) is 0 Å². The zero-order valence-corrected chi connectivity index (χ0v) is 21.5. The Bertz CT molecular complexity index is 697. The summed E-state index contributed by atoms with van der Waals surface area (Å²) in [5.74, 6) is 1.26. The highest BCUT2D eigenvalue weighted by atomic mass is 35.5. The van der Waals surface area contributed by atoms with Gasteiger partial charge in [0.2, 0.25) is 5.91 Å². The molecule has 0 radical (unpaired) electrons. The van der Waals surface area contributed by atoms with Gasteiger partial charge in [0.15, 0.2) is 5.96 Å². The van der Waals surface area contributed by atoms with Crippen LogP contribution in [0.25, 0.3) is 0 Å². The number of carbonyl (C=O) groups is 1. The Balaban J connectivity index is 1.39. The molecule has 0 bridgehead atoms. The number of aliphatic imine (C=N–C) groups is 1. The number of rotatable bonds is 4. The van der Waals surface area contributed by atoms with Crippen molar-refractivity contribution in [2.24, 2.45) is 16.3 Å². The summed E-state index contributed by atoms with van der Waals surface area (Å²) in [5.41, 5.74) is 10.4. The molecule has 1 amide bonds. The van der Waals surface area contributed by atoms with Crippen LogP contribution in [0.2, 0.25) is 0 Å². The highest BCUT2D eigenvalue weighted by Crippen LogP contribution is 2.32. The monoisotopic (exact) mass is 481 g/mol. The molecule has 4 atom stereocenters. The van der Waals surface area contributed by atoms with E-state index in [1.165, 1.54) is 25.7 Å². The second-order valence-electron chi connectivity index (χ2n) is 11.7. The van der Waals surface area contributed by atoms with E-state index in [2.05, 4.69) is 47.7 Å². The number of guanidine groups is 1. The molecule has 0 spiro atoms. The van der Waals surface area contributed by atoms with Gasteiger partial charge in [-0.25, -0.2) is 15.4 Å². The minimum atomic E-state index is -0.210. The summed E-state index contributed by atoms with van der Waals surface area (Å²) in [6, 6.07) is 0.850. The zero-order valence-electron chi connectivity index (χ0n) is 20.8. The van der Waals surface area contributed by atoms with Crippen molar-refractivity contribution in [3.63, 3.8) is 0 Å². The highest BCUT2D eigenvalue weighted by Gasteiger charge is 2.40. The van der Waals surface area contributed by atoms with Gasteiger partial charge in [0, 0.05) is 37.0 Å². The number of nitrogens with one attached hydrogen (secondary N) is 5. The standard InChI is InChI=1S/C24H44ClN7O/c1-24(2,3)20-14-19(32(4)31-20)22(33)28-23(26-17-7-5-6-8-17)27-21-13-18(29-30-21)15-9-11-16(25)12-10-15/h15-21,29-31H,5-14H2,1-4H3,(H2,26,27,28,33). The maximum atomic E-state index is 13.3. The van der Waals surface area contributed by atoms with Crippen molar-refractivity contribution in [3.05, 3.63) is 0 Å². The molecule has 2 aliphatic carbocycles. The van der Waals surface area contributed by atoms with E-state index in [1.54, 1.807) is 0 Å². The van der Waals surface area contributed by atoms with Crippen LogP contribution in [-0.4, -0.2) is 59.6 Å². The molecular formula is C24H44ClN7O. The van der Waals surface area contributed by atoms with Gasteiger partial charge in [-0.2, -0.15) is 0 Å². The Morgan fingerprint density at radius 1 is 1.03 bits per heavy atom. The van der Waals surface area contributed by atoms with Crippen LogP contribution in [0.1, 0.15) is 85.0 Å². The van der Waals surface area contributed by atoms with E-state index in [1.807, 2.05) is 12.1 Å². The lowest BCUT2D eigenvalue weighted by molar-refractivity contribution is -0.124. The number of hydrazine groups is 2. The van der Waals surface area contributed by atoms with Crippen LogP contribution >= 0.6 is 11.6 Å². The topological polar surface area (TPSA) is 92.8 Å². The molecule has 8 nitrogen and oxygen atoms in total. The van der Waals surface area contributed by atoms with Gasteiger partial charge >= 0.3 is 0 Å². The summed E-state index contributed by atoms with van der Waals surface area (Å²) >= 11 is 6.30. The molecule has 9 heteroatoms. The number of hydrogen-bond donors (Lipinski definition) is 5. The minimum Gasteiger partial charge on any atom is -0.353 e. The molecular weight excluding hydrogens is 438 g/mol. The average Bonchev–Trinajstić information content (AvgIpc) is 3.49. The smallest absolute Gasteiger partial charge is 0.245 e. The van der Waals surface area contributed by atoms with E-state index in [0.29, 0.717) is 29.3 Å². The first-order valence-electron chi connectivity index (χ1n) is 13.0. The Morgan fingerprint density at radius 3 is 2.36 bits per heavy atom. The van der Waals surface area contributed by atoms with Gasteiger partial charge < -0.3 is 5.32 Å². The van der Waals surface area contributed by atoms with Crippen LogP contribution < -0.4 is 26.9 Å². The van der Waals surface area contributed by atoms with E-state index in [9.17, 15) is 4.79 Å². The molecule has 4 unspecified atom stereocenters. The number of nitrogens with zero attached hydrogens (tertiary/aromatic N) is 2. The van der Waals surface area contributed by atoms with Crippen molar-refractivity contribution in [1.82, 2.24) is 31.9 Å². The molecule has 0 aromatic rings. The van der Waals surface area contributed by atoms with E-state index in [0.717, 1.165) is 38.5 Å². The molecule has 2 saturated heterocycles. The molecule has 4 rings (SSSR count). The third-order valence-electron chi connectivity index (χ3n) is 8.04. The zero-order chi connectivity index (χ0) is 23.6. The number of alkyl halides is 1. The summed E-state index contributed by atoms with van der Waals surface area (Å²) in [6.45, 7) is 6.63. The van der Waals surface area contributed by atoms with Crippen LogP contribution in [0, 0.1) is 11.3 Å². The van der Waals surface area contributed by atoms with Crippen molar-refractivity contribution >= 4 is 23.5 Å². The maximum Gasteiger partial charge on any atom is 0.245 e. The number of halogens is 1. The molecule has 2 saturated carbocycles. The van der Waals surface area contributed by atoms with Crippen molar-refractivity contribution in [3.8, 4) is 0 Å². The van der Waals surface area contributed by atoms with Crippen LogP contribution in [0.4, 0.5) is 0 Å². The van der Waals surface area contributed by atoms with Crippen LogP contribution in [0.5, 0.6) is 0 Å². The summed E-state index contributed by atoms with van der Waals surface area (Å²) < 4.78 is 0. The number of likely N-dealkylation sites (N-methyl/N-ethyl adjacent to an activating group) is 1. The van der Waals surface area contributed by atoms with Gasteiger partial charge in [-0.05, 0) is 56.3 Å². The first-order valence-corrected chi connectivity index (χ1v) is 13.4. The highest BCUT2D eigenvalue weighted by molar-refractivity contribution is 6.20. The molecule has 4 aliphatic rings. The van der Waals surface area contributed by atoms with Gasteiger partial charge in [0.1, 0.15) is 12.2 Å². The molecule has 0 aromatic carbocycles. The second kappa shape index (κ2) is 10.8. The number of hydrogen-bond acceptors (Lipinski definition) is 6. The lowest BCUT2D eigenvalue weighted by Crippen LogP contribution is -2.52. The van der Waals surface area contributed by atoms with Crippen molar-refractivity contribution < 1.29 is 4.79 Å². The molecule has 0 aromatic heterocycles. The van der Waals surface area contributed by atoms with Crippen LogP contribution in [-0.2, 0) is 4.79 Å². The SMILES string of the molecule is CN1NC(C(C)(C)C)CC1C(=O)N/C(=N\C1CC(C2CCC(Cl)CC2)NN1)NC1CCCC1. The third-order valence-corrected chi connectivity index (χ3v) is 8.48. The first kappa shape index (κ1) is 25.2. The molecule has 4 fully saturated rings. The van der Waals surface area contributed by atoms with E-state index in [4.69, 9.17) is 16.6 Å². The van der Waals surface area contributed by atoms with Gasteiger partial charge in [-0.1, -0.05) is 33.6 Å². The van der Waals surface area contributed by atoms with Crippen molar-refractivity contribution in [2.45, 2.75) is 121 Å². The minimum absolute atomic E-state index is 0.00365. The fraction of sp³-hybridized carbons (Fsp3) is 0.917. The van der Waals surface area contributed by atoms with Gasteiger partial charge in [0.25, 0.3) is 0 Å². The summed E-state index contributed by atoms with van der Waals surface area (Å²) in [4.78, 5) is 18.2. The Kier molecular flexibility index (Phi) is 8.22. The molecule has 2 aliphatic heterocycles. The van der Waals surface area contributed by atoms with Gasteiger partial charge in [-0.15, -0.1) is 11.6 Å². The Hall–Kier alpha value is -0.930. The lowest BCUT2D eigenvalue weighted by Gasteiger charge is -2.29. The maximum absolute atomic E-state index is 13.3. The normalized spacial score (nSPS) is 36.9. The number of carbonyl (C=O) groups excluding carboxylic acids is 1. The van der Waals surface area contributed by atoms with E-state index in [-0.39, 0.29) is 29.6 Å². The first-order chi connectivity index (χ1) is 15.7. The molecule has 188 valence electrons. The largest absolute Gasteiger partial charge is 0.353 e. The van der Waals surface area contributed by atoms with Crippen LogP contribution in [0.15, 0.2) is 4.99 Å². The third kappa shape index (κ3) is 6.60. The quantitative estimate of drug-likeness (QED) is 0.241. The fourth-order valence-corrected chi connectivity index (χ4v) is 6.01. The predicted molar refractivity (Wildman–Crippen MR) is 134 cm³/mol. The second-order valence-corrected chi connectivity index (χ2v) is 12.3. The van der Waals surface area contributed by atoms with E-state index >= 15 is 0 Å². The summed E-state index contributed by atoms with van der Waals surface area (Å²) in [6.07, 6.45) is 10.9. The molecule has 2 heterocycles. The predicted octanol–water partition coefficient (Wildman–Crippen LogP) is 2.60. The Labute approximate surface area is 204 Å². The summed E-state index contributed by atoms with van der Waals surface area (Å²) in [5, 5.41) is 8.99. The lowest BCUT2D eigenvalue weighted by atomic mass is 9.83. The van der Waals surface area contributed by atoms with Gasteiger partial charge in [-0.3, -0.25) is 21.0 Å². The molecule has 33 heavy (non-hydrogen) atoms.